The van der Waals surface area contributed by atoms with Gasteiger partial charge in [0.05, 0.1) is 11.7 Å². The van der Waals surface area contributed by atoms with Crippen LogP contribution < -0.4 is 10.2 Å². The Hall–Kier alpha value is -3.96. The van der Waals surface area contributed by atoms with Crippen LogP contribution in [0.3, 0.4) is 0 Å². The highest BCUT2D eigenvalue weighted by Gasteiger charge is 2.42. The van der Waals surface area contributed by atoms with E-state index in [1.807, 2.05) is 18.3 Å². The monoisotopic (exact) mass is 488 g/mol. The van der Waals surface area contributed by atoms with Crippen LogP contribution in [-0.2, 0) is 0 Å². The molecule has 0 saturated carbocycles. The van der Waals surface area contributed by atoms with Gasteiger partial charge in [-0.3, -0.25) is 4.98 Å². The molecule has 3 heterocycles. The van der Waals surface area contributed by atoms with Gasteiger partial charge in [-0.1, -0.05) is 62.4 Å². The topological polar surface area (TPSA) is 33.1 Å². The number of nitrogens with one attached hydrogen (secondary N) is 1. The van der Waals surface area contributed by atoms with Crippen molar-refractivity contribution in [3.63, 3.8) is 0 Å². The quantitative estimate of drug-likeness (QED) is 0.263. The molecule has 2 unspecified atom stereocenters. The highest BCUT2D eigenvalue weighted by molar-refractivity contribution is 7.80. The first-order chi connectivity index (χ1) is 17.6. The second-order valence-electron chi connectivity index (χ2n) is 9.58. The van der Waals surface area contributed by atoms with Crippen LogP contribution in [0.2, 0.25) is 0 Å². The molecule has 36 heavy (non-hydrogen) atoms. The molecule has 5 aromatic rings. The minimum atomic E-state index is -0.0856. The van der Waals surface area contributed by atoms with E-state index in [1.165, 1.54) is 16.3 Å². The maximum atomic E-state index is 5.94. The minimum absolute atomic E-state index is 0.0706. The van der Waals surface area contributed by atoms with E-state index in [2.05, 4.69) is 120 Å². The molecule has 0 aliphatic carbocycles. The van der Waals surface area contributed by atoms with Crippen LogP contribution in [-0.4, -0.2) is 14.7 Å². The lowest BCUT2D eigenvalue weighted by molar-refractivity contribution is 0.549. The Balaban J connectivity index is 1.49. The second kappa shape index (κ2) is 9.25. The Kier molecular flexibility index (Phi) is 5.78. The summed E-state index contributed by atoms with van der Waals surface area (Å²) in [6, 6.07) is 34.1. The Morgan fingerprint density at radius 1 is 0.806 bits per heavy atom. The van der Waals surface area contributed by atoms with E-state index in [-0.39, 0.29) is 12.1 Å². The number of nitrogens with zero attached hydrogens (tertiary/aromatic N) is 3. The van der Waals surface area contributed by atoms with Crippen molar-refractivity contribution in [1.29, 1.82) is 0 Å². The van der Waals surface area contributed by atoms with Crippen molar-refractivity contribution in [2.24, 2.45) is 0 Å². The van der Waals surface area contributed by atoms with Crippen molar-refractivity contribution in [3.05, 3.63) is 126 Å². The fraction of sp³-hybridized carbons (Fsp3) is 0.161. The van der Waals surface area contributed by atoms with Gasteiger partial charge in [-0.25, -0.2) is 0 Å². The molecule has 1 saturated heterocycles. The van der Waals surface area contributed by atoms with Crippen LogP contribution in [0.1, 0.15) is 48.8 Å². The number of thiocarbonyl (C=S) groups is 1. The summed E-state index contributed by atoms with van der Waals surface area (Å²) < 4.78 is 2.28. The van der Waals surface area contributed by atoms with Crippen molar-refractivity contribution in [2.75, 3.05) is 4.90 Å². The predicted octanol–water partition coefficient (Wildman–Crippen LogP) is 7.33. The average Bonchev–Trinajstić information content (AvgIpc) is 3.53. The van der Waals surface area contributed by atoms with Gasteiger partial charge < -0.3 is 14.8 Å². The molecule has 0 amide bonds. The third-order valence-electron chi connectivity index (χ3n) is 7.03. The van der Waals surface area contributed by atoms with E-state index in [4.69, 9.17) is 17.2 Å². The molecule has 6 rings (SSSR count). The molecule has 0 spiro atoms. The molecular formula is C31H28N4S. The molecule has 1 fully saturated rings. The van der Waals surface area contributed by atoms with Gasteiger partial charge in [0.1, 0.15) is 6.04 Å². The molecule has 3 aromatic carbocycles. The molecular weight excluding hydrogens is 460 g/mol. The minimum Gasteiger partial charge on any atom is -0.351 e. The lowest BCUT2D eigenvalue weighted by Crippen LogP contribution is -2.30. The van der Waals surface area contributed by atoms with Crippen LogP contribution >= 0.6 is 12.2 Å². The van der Waals surface area contributed by atoms with E-state index < -0.39 is 0 Å². The van der Waals surface area contributed by atoms with Crippen LogP contribution in [0.4, 0.5) is 5.69 Å². The molecule has 5 heteroatoms. The SMILES string of the molecule is CC(C)c1ccc(N2C(=S)NC(c3ccccn3)C2c2cccn2-c2ccc3ccccc3c2)cc1. The van der Waals surface area contributed by atoms with Crippen molar-refractivity contribution in [2.45, 2.75) is 31.8 Å². The average molecular weight is 489 g/mol. The van der Waals surface area contributed by atoms with E-state index in [0.717, 1.165) is 22.8 Å². The van der Waals surface area contributed by atoms with E-state index in [9.17, 15) is 0 Å². The summed E-state index contributed by atoms with van der Waals surface area (Å²) in [6.07, 6.45) is 3.98. The van der Waals surface area contributed by atoms with Crippen molar-refractivity contribution in [3.8, 4) is 5.69 Å². The maximum Gasteiger partial charge on any atom is 0.174 e. The van der Waals surface area contributed by atoms with Gasteiger partial charge in [-0.05, 0) is 83.0 Å². The molecule has 4 nitrogen and oxygen atoms in total. The van der Waals surface area contributed by atoms with Gasteiger partial charge in [0.2, 0.25) is 0 Å². The van der Waals surface area contributed by atoms with Gasteiger partial charge in [0.15, 0.2) is 5.11 Å². The Labute approximate surface area is 217 Å². The lowest BCUT2D eigenvalue weighted by atomic mass is 9.99. The zero-order valence-electron chi connectivity index (χ0n) is 20.4. The predicted molar refractivity (Wildman–Crippen MR) is 152 cm³/mol. The number of rotatable bonds is 5. The summed E-state index contributed by atoms with van der Waals surface area (Å²) in [7, 11) is 0. The molecule has 178 valence electrons. The molecule has 2 atom stereocenters. The fourth-order valence-corrected chi connectivity index (χ4v) is 5.50. The summed E-state index contributed by atoms with van der Waals surface area (Å²) in [4.78, 5) is 6.95. The first-order valence-electron chi connectivity index (χ1n) is 12.4. The number of benzene rings is 3. The van der Waals surface area contributed by atoms with Gasteiger partial charge in [0.25, 0.3) is 0 Å². The molecule has 1 aliphatic heterocycles. The van der Waals surface area contributed by atoms with Crippen molar-refractivity contribution < 1.29 is 0 Å². The van der Waals surface area contributed by atoms with Crippen molar-refractivity contribution >= 4 is 33.8 Å². The van der Waals surface area contributed by atoms with Gasteiger partial charge in [0, 0.05) is 29.5 Å². The van der Waals surface area contributed by atoms with E-state index in [0.29, 0.717) is 11.0 Å². The molecule has 1 aliphatic rings. The molecule has 0 radical (unpaired) electrons. The number of anilines is 1. The fourth-order valence-electron chi connectivity index (χ4n) is 5.15. The maximum absolute atomic E-state index is 5.94. The van der Waals surface area contributed by atoms with Gasteiger partial charge in [-0.2, -0.15) is 0 Å². The number of fused-ring (bicyclic) bond motifs is 1. The standard InChI is InChI=1S/C31H28N4S/c1-21(2)22-12-15-25(16-13-22)35-30(29(33-31(35)36)27-10-5-6-18-32-27)28-11-7-19-34(28)26-17-14-23-8-3-4-9-24(23)20-26/h3-21,29-30H,1-2H3,(H,33,36). The Morgan fingerprint density at radius 3 is 2.31 bits per heavy atom. The Morgan fingerprint density at radius 2 is 1.56 bits per heavy atom. The van der Waals surface area contributed by atoms with Crippen LogP contribution in [0.15, 0.2) is 109 Å². The first-order valence-corrected chi connectivity index (χ1v) is 12.8. The van der Waals surface area contributed by atoms with Crippen molar-refractivity contribution in [1.82, 2.24) is 14.9 Å². The van der Waals surface area contributed by atoms with Gasteiger partial charge in [-0.15, -0.1) is 0 Å². The number of hydrogen-bond acceptors (Lipinski definition) is 2. The highest BCUT2D eigenvalue weighted by atomic mass is 32.1. The third-order valence-corrected chi connectivity index (χ3v) is 7.35. The highest BCUT2D eigenvalue weighted by Crippen LogP contribution is 2.42. The lowest BCUT2D eigenvalue weighted by Gasteiger charge is -2.29. The zero-order valence-corrected chi connectivity index (χ0v) is 21.2. The zero-order chi connectivity index (χ0) is 24.6. The normalized spacial score (nSPS) is 17.6. The van der Waals surface area contributed by atoms with Gasteiger partial charge >= 0.3 is 0 Å². The van der Waals surface area contributed by atoms with E-state index in [1.54, 1.807) is 0 Å². The van der Waals surface area contributed by atoms with Crippen LogP contribution in [0, 0.1) is 0 Å². The molecule has 2 aromatic heterocycles. The summed E-state index contributed by atoms with van der Waals surface area (Å²) in [5.74, 6) is 0.477. The molecule has 0 bridgehead atoms. The number of pyridine rings is 1. The number of hydrogen-bond donors (Lipinski definition) is 1. The number of aromatic nitrogens is 2. The second-order valence-corrected chi connectivity index (χ2v) is 9.96. The van der Waals surface area contributed by atoms with Crippen LogP contribution in [0.5, 0.6) is 0 Å². The summed E-state index contributed by atoms with van der Waals surface area (Å²) in [5.41, 5.74) is 5.64. The third kappa shape index (κ3) is 3.95. The Bertz CT molecular complexity index is 1520. The van der Waals surface area contributed by atoms with Crippen LogP contribution in [0.25, 0.3) is 16.5 Å². The molecule has 1 N–H and O–H groups in total. The van der Waals surface area contributed by atoms with E-state index >= 15 is 0 Å². The smallest absolute Gasteiger partial charge is 0.174 e. The summed E-state index contributed by atoms with van der Waals surface area (Å²) in [5, 5.41) is 6.74. The summed E-state index contributed by atoms with van der Waals surface area (Å²) in [6.45, 7) is 4.43. The first kappa shape index (κ1) is 22.5. The largest absolute Gasteiger partial charge is 0.351 e. The summed E-state index contributed by atoms with van der Waals surface area (Å²) >= 11 is 5.94.